The van der Waals surface area contributed by atoms with E-state index in [4.69, 9.17) is 0 Å². The highest BCUT2D eigenvalue weighted by molar-refractivity contribution is 5.79. The molecule has 0 saturated carbocycles. The number of alkyl halides is 3. The number of benzene rings is 2. The molecule has 0 radical (unpaired) electrons. The highest BCUT2D eigenvalue weighted by Crippen LogP contribution is 2.25. The first-order valence-electron chi connectivity index (χ1n) is 12.0. The Bertz CT molecular complexity index is 1570. The number of fused-ring (bicyclic) bond motifs is 2. The summed E-state index contributed by atoms with van der Waals surface area (Å²) in [5.74, 6) is -0.0284. The van der Waals surface area contributed by atoms with Crippen molar-refractivity contribution in [2.45, 2.75) is 32.1 Å². The average molecular weight is 526 g/mol. The Morgan fingerprint density at radius 1 is 1.16 bits per heavy atom. The molecule has 4 aromatic rings. The van der Waals surface area contributed by atoms with Crippen LogP contribution in [0.2, 0.25) is 0 Å². The highest BCUT2D eigenvalue weighted by Gasteiger charge is 2.32. The molecule has 0 fully saturated rings. The number of nitrogens with zero attached hydrogens (tertiary/aromatic N) is 5. The summed E-state index contributed by atoms with van der Waals surface area (Å²) in [6, 6.07) is 12.4. The predicted octanol–water partition coefficient (Wildman–Crippen LogP) is 3.16. The molecule has 1 aliphatic rings. The number of aromatic nitrogens is 4. The van der Waals surface area contributed by atoms with Crippen molar-refractivity contribution in [1.29, 1.82) is 0 Å². The zero-order valence-corrected chi connectivity index (χ0v) is 20.8. The topological polar surface area (TPSA) is 97.1 Å². The van der Waals surface area contributed by atoms with Gasteiger partial charge in [0, 0.05) is 32.5 Å². The standard InChI is InChI=1S/C26H26F3N7O2/c1-34(2)22(37)11-16-4-3-5-20(10-16)36-23-21(24(38)35(36)15-26(27,28)29)14-31-25(33-23)32-19-7-6-17-8-9-30-13-18(17)12-19/h3-7,10,12,14,30H,8-9,11,13,15H2,1-2H3,(H,31,32,33). The fraction of sp³-hybridized carbons (Fsp3) is 0.308. The van der Waals surface area contributed by atoms with Gasteiger partial charge in [-0.3, -0.25) is 9.59 Å². The Labute approximate surface area is 215 Å². The molecular formula is C26H26F3N7O2. The number of rotatable bonds is 6. The van der Waals surface area contributed by atoms with E-state index in [-0.39, 0.29) is 35.0 Å². The lowest BCUT2D eigenvalue weighted by molar-refractivity contribution is -0.144. The molecular weight excluding hydrogens is 499 g/mol. The van der Waals surface area contributed by atoms with E-state index in [0.29, 0.717) is 10.2 Å². The normalized spacial score (nSPS) is 13.4. The van der Waals surface area contributed by atoms with Crippen LogP contribution in [0.3, 0.4) is 0 Å². The molecule has 2 N–H and O–H groups in total. The van der Waals surface area contributed by atoms with Crippen molar-refractivity contribution in [3.05, 3.63) is 75.7 Å². The van der Waals surface area contributed by atoms with Crippen LogP contribution in [0.1, 0.15) is 16.7 Å². The monoisotopic (exact) mass is 525 g/mol. The fourth-order valence-corrected chi connectivity index (χ4v) is 4.48. The van der Waals surface area contributed by atoms with Crippen LogP contribution in [-0.2, 0) is 30.7 Å². The summed E-state index contributed by atoms with van der Waals surface area (Å²) in [6.07, 6.45) is -2.44. The van der Waals surface area contributed by atoms with Crippen LogP contribution in [0.4, 0.5) is 24.8 Å². The van der Waals surface area contributed by atoms with Crippen LogP contribution in [-0.4, -0.2) is 57.0 Å². The predicted molar refractivity (Wildman–Crippen MR) is 137 cm³/mol. The van der Waals surface area contributed by atoms with Gasteiger partial charge in [-0.15, -0.1) is 0 Å². The lowest BCUT2D eigenvalue weighted by atomic mass is 10.0. The number of amides is 1. The largest absolute Gasteiger partial charge is 0.408 e. The number of nitrogens with one attached hydrogen (secondary N) is 2. The number of hydrogen-bond donors (Lipinski definition) is 2. The zero-order valence-electron chi connectivity index (χ0n) is 20.8. The summed E-state index contributed by atoms with van der Waals surface area (Å²) in [7, 11) is 3.24. The van der Waals surface area contributed by atoms with E-state index in [2.05, 4.69) is 20.6 Å². The maximum atomic E-state index is 13.5. The molecule has 2 aromatic carbocycles. The fourth-order valence-electron chi connectivity index (χ4n) is 4.48. The number of likely N-dealkylation sites (N-methyl/N-ethyl adjacent to an activating group) is 1. The van der Waals surface area contributed by atoms with Gasteiger partial charge in [-0.2, -0.15) is 18.2 Å². The van der Waals surface area contributed by atoms with Crippen LogP contribution in [0, 0.1) is 0 Å². The minimum atomic E-state index is -4.65. The van der Waals surface area contributed by atoms with Crippen LogP contribution >= 0.6 is 0 Å². The molecule has 1 amide bonds. The third kappa shape index (κ3) is 5.25. The van der Waals surface area contributed by atoms with E-state index in [0.717, 1.165) is 35.4 Å². The van der Waals surface area contributed by atoms with Crippen molar-refractivity contribution in [3.8, 4) is 5.69 Å². The van der Waals surface area contributed by atoms with Gasteiger partial charge in [0.05, 0.1) is 12.1 Å². The molecule has 0 saturated heterocycles. The minimum Gasteiger partial charge on any atom is -0.349 e. The smallest absolute Gasteiger partial charge is 0.349 e. The second-order valence-electron chi connectivity index (χ2n) is 9.39. The molecule has 0 atom stereocenters. The van der Waals surface area contributed by atoms with Gasteiger partial charge < -0.3 is 15.5 Å². The molecule has 12 heteroatoms. The Balaban J connectivity index is 1.60. The van der Waals surface area contributed by atoms with Gasteiger partial charge in [0.25, 0.3) is 5.56 Å². The maximum Gasteiger partial charge on any atom is 0.408 e. The van der Waals surface area contributed by atoms with Gasteiger partial charge in [0.2, 0.25) is 11.9 Å². The third-order valence-corrected chi connectivity index (χ3v) is 6.36. The van der Waals surface area contributed by atoms with Gasteiger partial charge in [-0.1, -0.05) is 18.2 Å². The summed E-state index contributed by atoms with van der Waals surface area (Å²) in [4.78, 5) is 35.4. The molecule has 5 rings (SSSR count). The highest BCUT2D eigenvalue weighted by atomic mass is 19.4. The van der Waals surface area contributed by atoms with Crippen molar-refractivity contribution in [3.63, 3.8) is 0 Å². The van der Waals surface area contributed by atoms with Crippen molar-refractivity contribution >= 4 is 28.6 Å². The van der Waals surface area contributed by atoms with Crippen LogP contribution in [0.15, 0.2) is 53.5 Å². The van der Waals surface area contributed by atoms with E-state index in [1.54, 1.807) is 38.4 Å². The summed E-state index contributed by atoms with van der Waals surface area (Å²) in [5.41, 5.74) is 3.13. The van der Waals surface area contributed by atoms with Crippen molar-refractivity contribution in [2.24, 2.45) is 0 Å². The summed E-state index contributed by atoms with van der Waals surface area (Å²) in [5, 5.41) is 6.37. The maximum absolute atomic E-state index is 13.5. The number of carbonyl (C=O) groups is 1. The van der Waals surface area contributed by atoms with Crippen molar-refractivity contribution in [2.75, 3.05) is 26.0 Å². The van der Waals surface area contributed by atoms with Crippen molar-refractivity contribution < 1.29 is 18.0 Å². The van der Waals surface area contributed by atoms with Gasteiger partial charge in [0.15, 0.2) is 5.65 Å². The molecule has 0 aliphatic carbocycles. The Morgan fingerprint density at radius 3 is 2.74 bits per heavy atom. The van der Waals surface area contributed by atoms with Gasteiger partial charge >= 0.3 is 6.18 Å². The van der Waals surface area contributed by atoms with E-state index in [1.807, 2.05) is 18.2 Å². The molecule has 2 aromatic heterocycles. The Kier molecular flexibility index (Phi) is 6.66. The molecule has 9 nitrogen and oxygen atoms in total. The molecule has 198 valence electrons. The molecule has 0 spiro atoms. The van der Waals surface area contributed by atoms with Gasteiger partial charge in [0.1, 0.15) is 11.9 Å². The van der Waals surface area contributed by atoms with E-state index >= 15 is 0 Å². The number of halogens is 3. The zero-order chi connectivity index (χ0) is 27.0. The number of carbonyl (C=O) groups excluding carboxylic acids is 1. The van der Waals surface area contributed by atoms with Crippen LogP contribution in [0.25, 0.3) is 16.7 Å². The lowest BCUT2D eigenvalue weighted by Crippen LogP contribution is -2.30. The second-order valence-corrected chi connectivity index (χ2v) is 9.39. The number of anilines is 2. The van der Waals surface area contributed by atoms with E-state index in [1.165, 1.54) is 16.7 Å². The average Bonchev–Trinajstić information content (AvgIpc) is 3.13. The molecule has 0 unspecified atom stereocenters. The third-order valence-electron chi connectivity index (χ3n) is 6.36. The first-order valence-corrected chi connectivity index (χ1v) is 12.0. The van der Waals surface area contributed by atoms with E-state index in [9.17, 15) is 22.8 Å². The summed E-state index contributed by atoms with van der Waals surface area (Å²) >= 11 is 0. The molecule has 0 bridgehead atoms. The summed E-state index contributed by atoms with van der Waals surface area (Å²) < 4.78 is 42.3. The second kappa shape index (κ2) is 9.93. The van der Waals surface area contributed by atoms with Crippen LogP contribution in [0.5, 0.6) is 0 Å². The van der Waals surface area contributed by atoms with Gasteiger partial charge in [-0.05, 0) is 53.9 Å². The first kappa shape index (κ1) is 25.5. The Morgan fingerprint density at radius 2 is 1.97 bits per heavy atom. The summed E-state index contributed by atoms with van der Waals surface area (Å²) in [6.45, 7) is 0.136. The van der Waals surface area contributed by atoms with Gasteiger partial charge in [-0.25, -0.2) is 14.3 Å². The van der Waals surface area contributed by atoms with Crippen molar-refractivity contribution in [1.82, 2.24) is 29.5 Å². The molecule has 1 aliphatic heterocycles. The number of hydrogen-bond acceptors (Lipinski definition) is 6. The molecule has 3 heterocycles. The molecule has 38 heavy (non-hydrogen) atoms. The van der Waals surface area contributed by atoms with Crippen LogP contribution < -0.4 is 16.2 Å². The quantitative estimate of drug-likeness (QED) is 0.402. The SMILES string of the molecule is CN(C)C(=O)Cc1cccc(-n2c3nc(Nc4ccc5c(c4)CNCC5)ncc3c(=O)n2CC(F)(F)F)c1. The van der Waals surface area contributed by atoms with E-state index < -0.39 is 18.3 Å². The lowest BCUT2D eigenvalue weighted by Gasteiger charge is -2.18. The Hall–Kier alpha value is -4.19. The minimum absolute atomic E-state index is 0.0208. The first-order chi connectivity index (χ1) is 18.1.